The minimum absolute atomic E-state index is 0.826. The lowest BCUT2D eigenvalue weighted by Crippen LogP contribution is -2.18. The molecule has 10 rings (SSSR count). The number of hydrogen-bond acceptors (Lipinski definition) is 3. The van der Waals surface area contributed by atoms with Gasteiger partial charge in [0.25, 0.3) is 0 Å². The zero-order valence-corrected chi connectivity index (χ0v) is 30.1. The van der Waals surface area contributed by atoms with E-state index in [0.717, 1.165) is 89.1 Å². The molecular formula is C52H36N2O. The number of anilines is 6. The molecule has 9 aromatic carbocycles. The van der Waals surface area contributed by atoms with Gasteiger partial charge in [-0.15, -0.1) is 0 Å². The highest BCUT2D eigenvalue weighted by molar-refractivity contribution is 6.17. The zero-order valence-electron chi connectivity index (χ0n) is 30.1. The fourth-order valence-electron chi connectivity index (χ4n) is 7.92. The summed E-state index contributed by atoms with van der Waals surface area (Å²) in [4.78, 5) is 4.81. The van der Waals surface area contributed by atoms with E-state index in [-0.39, 0.29) is 0 Å². The number of furan rings is 1. The van der Waals surface area contributed by atoms with Crippen molar-refractivity contribution >= 4 is 66.8 Å². The van der Waals surface area contributed by atoms with E-state index in [0.29, 0.717) is 0 Å². The molecule has 0 saturated carbocycles. The highest BCUT2D eigenvalue weighted by Crippen LogP contribution is 2.52. The Labute approximate surface area is 320 Å². The standard InChI is InChI=1S/C52H36N2O/c1-5-19-37(20-6-1)42-28-15-17-31-47(42)53(40-24-9-3-10-25-40)49-35-46-45-34-33-39-23-13-14-30-44(39)52(45)55-51(46)36-50(49)54(41-26-11-4-12-27-41)48-32-18-16-29-43(48)38-21-7-2-8-22-38/h1-36H. The van der Waals surface area contributed by atoms with Crippen molar-refractivity contribution in [3.63, 3.8) is 0 Å². The van der Waals surface area contributed by atoms with Crippen LogP contribution < -0.4 is 9.80 Å². The summed E-state index contributed by atoms with van der Waals surface area (Å²) in [5, 5.41) is 4.40. The second kappa shape index (κ2) is 13.9. The maximum Gasteiger partial charge on any atom is 0.143 e. The van der Waals surface area contributed by atoms with Gasteiger partial charge in [-0.05, 0) is 65.0 Å². The SMILES string of the molecule is c1ccc(-c2ccccc2N(c2ccccc2)c2cc3oc4c5ccccc5ccc4c3cc2N(c2ccccc2)c2ccccc2-c2ccccc2)cc1. The minimum atomic E-state index is 0.826. The Hall–Kier alpha value is -7.36. The van der Waals surface area contributed by atoms with Crippen molar-refractivity contribution in [1.29, 1.82) is 0 Å². The third kappa shape index (κ3) is 5.80. The molecule has 3 nitrogen and oxygen atoms in total. The first kappa shape index (κ1) is 32.3. The summed E-state index contributed by atoms with van der Waals surface area (Å²) in [6.45, 7) is 0. The van der Waals surface area contributed by atoms with Crippen LogP contribution in [0.4, 0.5) is 34.1 Å². The molecule has 0 unspecified atom stereocenters. The van der Waals surface area contributed by atoms with Gasteiger partial charge in [0.15, 0.2) is 0 Å². The molecule has 0 spiro atoms. The summed E-state index contributed by atoms with van der Waals surface area (Å²) in [5.41, 5.74) is 12.5. The fraction of sp³-hybridized carbons (Fsp3) is 0. The predicted molar refractivity (Wildman–Crippen MR) is 231 cm³/mol. The maximum atomic E-state index is 6.94. The molecule has 0 aliphatic rings. The van der Waals surface area contributed by atoms with E-state index in [1.54, 1.807) is 0 Å². The highest BCUT2D eigenvalue weighted by atomic mass is 16.3. The number of hydrogen-bond donors (Lipinski definition) is 0. The molecule has 0 amide bonds. The van der Waals surface area contributed by atoms with Crippen LogP contribution in [0.25, 0.3) is 55.0 Å². The van der Waals surface area contributed by atoms with E-state index < -0.39 is 0 Å². The van der Waals surface area contributed by atoms with Crippen LogP contribution in [0, 0.1) is 0 Å². The largest absolute Gasteiger partial charge is 0.455 e. The lowest BCUT2D eigenvalue weighted by molar-refractivity contribution is 0.672. The van der Waals surface area contributed by atoms with Crippen molar-refractivity contribution < 1.29 is 4.42 Å². The number of para-hydroxylation sites is 4. The third-order valence-corrected chi connectivity index (χ3v) is 10.4. The molecule has 0 aliphatic carbocycles. The normalized spacial score (nSPS) is 11.3. The van der Waals surface area contributed by atoms with E-state index in [9.17, 15) is 0 Å². The number of fused-ring (bicyclic) bond motifs is 5. The summed E-state index contributed by atoms with van der Waals surface area (Å²) in [6.07, 6.45) is 0. The van der Waals surface area contributed by atoms with Gasteiger partial charge in [-0.25, -0.2) is 0 Å². The highest BCUT2D eigenvalue weighted by Gasteiger charge is 2.27. The molecule has 0 atom stereocenters. The first-order chi connectivity index (χ1) is 27.3. The predicted octanol–water partition coefficient (Wildman–Crippen LogP) is 15.0. The molecule has 0 radical (unpaired) electrons. The van der Waals surface area contributed by atoms with Crippen LogP contribution in [-0.2, 0) is 0 Å². The first-order valence-corrected chi connectivity index (χ1v) is 18.7. The van der Waals surface area contributed by atoms with Gasteiger partial charge >= 0.3 is 0 Å². The lowest BCUT2D eigenvalue weighted by atomic mass is 9.99. The summed E-state index contributed by atoms with van der Waals surface area (Å²) >= 11 is 0. The zero-order chi connectivity index (χ0) is 36.6. The topological polar surface area (TPSA) is 19.6 Å². The van der Waals surface area contributed by atoms with Gasteiger partial charge < -0.3 is 14.2 Å². The molecule has 55 heavy (non-hydrogen) atoms. The van der Waals surface area contributed by atoms with Gasteiger partial charge in [0.05, 0.1) is 22.7 Å². The van der Waals surface area contributed by atoms with Gasteiger partial charge in [0, 0.05) is 44.7 Å². The van der Waals surface area contributed by atoms with Crippen LogP contribution in [0.3, 0.4) is 0 Å². The van der Waals surface area contributed by atoms with Crippen LogP contribution >= 0.6 is 0 Å². The van der Waals surface area contributed by atoms with E-state index in [2.05, 4.69) is 228 Å². The summed E-state index contributed by atoms with van der Waals surface area (Å²) in [7, 11) is 0. The third-order valence-electron chi connectivity index (χ3n) is 10.4. The Balaban J connectivity index is 1.34. The molecule has 1 aromatic heterocycles. The summed E-state index contributed by atoms with van der Waals surface area (Å²) in [6, 6.07) is 77.5. The van der Waals surface area contributed by atoms with Crippen molar-refractivity contribution in [2.75, 3.05) is 9.80 Å². The first-order valence-electron chi connectivity index (χ1n) is 18.7. The van der Waals surface area contributed by atoms with Crippen molar-refractivity contribution in [2.45, 2.75) is 0 Å². The van der Waals surface area contributed by atoms with Gasteiger partial charge in [-0.1, -0.05) is 164 Å². The lowest BCUT2D eigenvalue weighted by Gasteiger charge is -2.35. The van der Waals surface area contributed by atoms with Crippen molar-refractivity contribution in [3.8, 4) is 22.3 Å². The Kier molecular flexibility index (Phi) is 8.16. The fourth-order valence-corrected chi connectivity index (χ4v) is 7.92. The maximum absolute atomic E-state index is 6.94. The average molecular weight is 705 g/mol. The van der Waals surface area contributed by atoms with Gasteiger partial charge in [0.1, 0.15) is 11.2 Å². The molecule has 0 saturated heterocycles. The smallest absolute Gasteiger partial charge is 0.143 e. The Morgan fingerprint density at radius 3 is 1.33 bits per heavy atom. The quantitative estimate of drug-likeness (QED) is 0.157. The van der Waals surface area contributed by atoms with Crippen LogP contribution in [0.15, 0.2) is 223 Å². The van der Waals surface area contributed by atoms with Gasteiger partial charge in [-0.2, -0.15) is 0 Å². The molecular weight excluding hydrogens is 669 g/mol. The van der Waals surface area contributed by atoms with Crippen LogP contribution in [-0.4, -0.2) is 0 Å². The molecule has 260 valence electrons. The van der Waals surface area contributed by atoms with E-state index in [1.165, 1.54) is 0 Å². The molecule has 0 N–H and O–H groups in total. The molecule has 0 aliphatic heterocycles. The number of nitrogens with zero attached hydrogens (tertiary/aromatic N) is 2. The van der Waals surface area contributed by atoms with Crippen LogP contribution in [0.1, 0.15) is 0 Å². The van der Waals surface area contributed by atoms with Crippen LogP contribution in [0.5, 0.6) is 0 Å². The number of rotatable bonds is 8. The van der Waals surface area contributed by atoms with Crippen LogP contribution in [0.2, 0.25) is 0 Å². The molecule has 0 fully saturated rings. The molecule has 0 bridgehead atoms. The second-order valence-corrected chi connectivity index (χ2v) is 13.7. The Morgan fingerprint density at radius 2 is 0.764 bits per heavy atom. The van der Waals surface area contributed by atoms with Crippen molar-refractivity contribution in [3.05, 3.63) is 218 Å². The van der Waals surface area contributed by atoms with Crippen molar-refractivity contribution in [2.24, 2.45) is 0 Å². The van der Waals surface area contributed by atoms with Gasteiger partial charge in [-0.3, -0.25) is 0 Å². The Bertz CT molecular complexity index is 2920. The Morgan fingerprint density at radius 1 is 0.309 bits per heavy atom. The monoisotopic (exact) mass is 704 g/mol. The van der Waals surface area contributed by atoms with Gasteiger partial charge in [0.2, 0.25) is 0 Å². The summed E-state index contributed by atoms with van der Waals surface area (Å²) in [5.74, 6) is 0. The number of benzene rings is 9. The van der Waals surface area contributed by atoms with E-state index in [1.807, 2.05) is 0 Å². The van der Waals surface area contributed by atoms with Crippen molar-refractivity contribution in [1.82, 2.24) is 0 Å². The average Bonchev–Trinajstić information content (AvgIpc) is 3.64. The van der Waals surface area contributed by atoms with E-state index in [4.69, 9.17) is 4.42 Å². The second-order valence-electron chi connectivity index (χ2n) is 13.7. The molecule has 3 heteroatoms. The molecule has 10 aromatic rings. The minimum Gasteiger partial charge on any atom is -0.455 e. The summed E-state index contributed by atoms with van der Waals surface area (Å²) < 4.78 is 6.94. The van der Waals surface area contributed by atoms with E-state index >= 15 is 0 Å². The molecule has 1 heterocycles.